The zero-order valence-corrected chi connectivity index (χ0v) is 15.1. The first-order valence-electron chi connectivity index (χ1n) is 9.02. The molecule has 27 heavy (non-hydrogen) atoms. The van der Waals surface area contributed by atoms with E-state index >= 15 is 0 Å². The number of fused-ring (bicyclic) bond motifs is 2. The quantitative estimate of drug-likeness (QED) is 0.664. The average molecular weight is 364 g/mol. The number of rotatable bonds is 4. The Morgan fingerprint density at radius 3 is 2.85 bits per heavy atom. The molecule has 1 amide bonds. The Morgan fingerprint density at radius 2 is 1.96 bits per heavy atom. The molecule has 0 bridgehead atoms. The number of aromatic nitrogens is 1. The summed E-state index contributed by atoms with van der Waals surface area (Å²) in [6.07, 6.45) is 1.80. The molecule has 4 rings (SSSR count). The van der Waals surface area contributed by atoms with Gasteiger partial charge in [0.15, 0.2) is 12.2 Å². The van der Waals surface area contributed by atoms with Crippen LogP contribution in [0.1, 0.15) is 24.6 Å². The number of ether oxygens (including phenoxy) is 1. The lowest BCUT2D eigenvalue weighted by Gasteiger charge is -2.35. The Labute approximate surface area is 156 Å². The highest BCUT2D eigenvalue weighted by molar-refractivity contribution is 5.97. The van der Waals surface area contributed by atoms with Gasteiger partial charge in [-0.25, -0.2) is 0 Å². The molecule has 0 fully saturated rings. The third-order valence-electron chi connectivity index (χ3n) is 4.91. The fraction of sp³-hybridized carbons (Fsp3) is 0.286. The van der Waals surface area contributed by atoms with E-state index in [1.807, 2.05) is 49.4 Å². The summed E-state index contributed by atoms with van der Waals surface area (Å²) in [5.41, 5.74) is 3.18. The molecular formula is C21H20N2O4. The van der Waals surface area contributed by atoms with E-state index in [4.69, 9.17) is 9.26 Å². The van der Waals surface area contributed by atoms with Gasteiger partial charge in [-0.15, -0.1) is 0 Å². The molecule has 6 heteroatoms. The normalized spacial score (nSPS) is 16.2. The van der Waals surface area contributed by atoms with Gasteiger partial charge in [-0.1, -0.05) is 35.5 Å². The Balaban J connectivity index is 1.41. The van der Waals surface area contributed by atoms with Crippen LogP contribution >= 0.6 is 0 Å². The van der Waals surface area contributed by atoms with Gasteiger partial charge in [0.1, 0.15) is 5.69 Å². The van der Waals surface area contributed by atoms with E-state index in [1.54, 1.807) is 11.0 Å². The molecule has 0 saturated carbocycles. The van der Waals surface area contributed by atoms with Crippen LogP contribution in [-0.2, 0) is 27.2 Å². The Kier molecular flexibility index (Phi) is 4.62. The standard InChI is InChI=1S/C21H20N2O4/c1-14-10-11-15-6-2-4-8-18(15)23(14)20(24)13-26-21(25)12-17-16-7-3-5-9-19(16)27-22-17/h2-9,14H,10-13H2,1H3. The summed E-state index contributed by atoms with van der Waals surface area (Å²) in [5.74, 6) is -0.714. The van der Waals surface area contributed by atoms with Crippen LogP contribution in [0.5, 0.6) is 0 Å². The van der Waals surface area contributed by atoms with Crippen LogP contribution < -0.4 is 4.90 Å². The van der Waals surface area contributed by atoms with Gasteiger partial charge in [-0.3, -0.25) is 9.59 Å². The minimum absolute atomic E-state index is 0.0313. The number of hydrogen-bond acceptors (Lipinski definition) is 5. The van der Waals surface area contributed by atoms with Crippen molar-refractivity contribution in [3.05, 3.63) is 59.8 Å². The van der Waals surface area contributed by atoms with E-state index in [0.717, 1.165) is 29.5 Å². The SMILES string of the molecule is CC1CCc2ccccc2N1C(=O)COC(=O)Cc1noc2ccccc12. The topological polar surface area (TPSA) is 72.6 Å². The van der Waals surface area contributed by atoms with Crippen molar-refractivity contribution >= 4 is 28.5 Å². The fourth-order valence-corrected chi connectivity index (χ4v) is 3.53. The number of aryl methyl sites for hydroxylation is 1. The maximum Gasteiger partial charge on any atom is 0.312 e. The lowest BCUT2D eigenvalue weighted by molar-refractivity contribution is -0.147. The highest BCUT2D eigenvalue weighted by Gasteiger charge is 2.28. The van der Waals surface area contributed by atoms with Crippen LogP contribution in [0.4, 0.5) is 5.69 Å². The maximum atomic E-state index is 12.7. The Morgan fingerprint density at radius 1 is 1.19 bits per heavy atom. The minimum atomic E-state index is -0.500. The number of hydrogen-bond donors (Lipinski definition) is 0. The van der Waals surface area contributed by atoms with Crippen molar-refractivity contribution in [2.45, 2.75) is 32.2 Å². The fourth-order valence-electron chi connectivity index (χ4n) is 3.53. The predicted octanol–water partition coefficient (Wildman–Crippen LogP) is 3.28. The van der Waals surface area contributed by atoms with Gasteiger partial charge in [0.2, 0.25) is 0 Å². The highest BCUT2D eigenvalue weighted by atomic mass is 16.5. The lowest BCUT2D eigenvalue weighted by atomic mass is 9.96. The van der Waals surface area contributed by atoms with Crippen molar-refractivity contribution in [3.63, 3.8) is 0 Å². The summed E-state index contributed by atoms with van der Waals surface area (Å²) in [7, 11) is 0. The van der Waals surface area contributed by atoms with E-state index in [-0.39, 0.29) is 25.0 Å². The van der Waals surface area contributed by atoms with E-state index in [2.05, 4.69) is 5.16 Å². The first-order chi connectivity index (χ1) is 13.1. The smallest absolute Gasteiger partial charge is 0.312 e. The molecule has 1 aliphatic heterocycles. The molecule has 2 aromatic carbocycles. The van der Waals surface area contributed by atoms with Gasteiger partial charge >= 0.3 is 5.97 Å². The maximum absolute atomic E-state index is 12.7. The number of nitrogens with zero attached hydrogens (tertiary/aromatic N) is 2. The predicted molar refractivity (Wildman–Crippen MR) is 100 cm³/mol. The van der Waals surface area contributed by atoms with Crippen molar-refractivity contribution in [1.82, 2.24) is 5.16 Å². The van der Waals surface area contributed by atoms with Gasteiger partial charge in [0.25, 0.3) is 5.91 Å². The molecule has 1 unspecified atom stereocenters. The van der Waals surface area contributed by atoms with Crippen molar-refractivity contribution in [3.8, 4) is 0 Å². The summed E-state index contributed by atoms with van der Waals surface area (Å²) in [4.78, 5) is 26.6. The second-order valence-corrected chi connectivity index (χ2v) is 6.74. The molecule has 138 valence electrons. The zero-order valence-electron chi connectivity index (χ0n) is 15.1. The van der Waals surface area contributed by atoms with Crippen LogP contribution in [0.2, 0.25) is 0 Å². The highest BCUT2D eigenvalue weighted by Crippen LogP contribution is 2.30. The third-order valence-corrected chi connectivity index (χ3v) is 4.91. The Hall–Kier alpha value is -3.15. The summed E-state index contributed by atoms with van der Waals surface area (Å²) in [5, 5.41) is 4.70. The molecule has 1 aromatic heterocycles. The number of anilines is 1. The number of carbonyl (C=O) groups is 2. The van der Waals surface area contributed by atoms with Gasteiger partial charge in [0, 0.05) is 17.1 Å². The zero-order chi connectivity index (χ0) is 18.8. The molecule has 1 atom stereocenters. The molecule has 0 saturated heterocycles. The monoisotopic (exact) mass is 364 g/mol. The van der Waals surface area contributed by atoms with Gasteiger partial charge in [-0.05, 0) is 43.5 Å². The van der Waals surface area contributed by atoms with Crippen LogP contribution in [-0.4, -0.2) is 29.7 Å². The number of carbonyl (C=O) groups excluding carboxylic acids is 2. The van der Waals surface area contributed by atoms with E-state index in [9.17, 15) is 9.59 Å². The molecule has 0 radical (unpaired) electrons. The number of benzene rings is 2. The largest absolute Gasteiger partial charge is 0.455 e. The van der Waals surface area contributed by atoms with E-state index in [0.29, 0.717) is 11.3 Å². The summed E-state index contributed by atoms with van der Waals surface area (Å²) in [6, 6.07) is 15.3. The van der Waals surface area contributed by atoms with Crippen molar-refractivity contribution in [2.24, 2.45) is 0 Å². The van der Waals surface area contributed by atoms with Gasteiger partial charge in [0.05, 0.1) is 6.42 Å². The van der Waals surface area contributed by atoms with Crippen LogP contribution in [0.15, 0.2) is 53.1 Å². The van der Waals surface area contributed by atoms with E-state index < -0.39 is 5.97 Å². The van der Waals surface area contributed by atoms with Crippen molar-refractivity contribution in [2.75, 3.05) is 11.5 Å². The van der Waals surface area contributed by atoms with E-state index in [1.165, 1.54) is 0 Å². The number of esters is 1. The van der Waals surface area contributed by atoms with Crippen molar-refractivity contribution in [1.29, 1.82) is 0 Å². The molecule has 0 aliphatic carbocycles. The minimum Gasteiger partial charge on any atom is -0.455 e. The van der Waals surface area contributed by atoms with Crippen LogP contribution in [0, 0.1) is 0 Å². The molecule has 1 aliphatic rings. The second-order valence-electron chi connectivity index (χ2n) is 6.74. The third kappa shape index (κ3) is 3.43. The molecule has 6 nitrogen and oxygen atoms in total. The molecule has 2 heterocycles. The second kappa shape index (κ2) is 7.23. The molecule has 0 spiro atoms. The van der Waals surface area contributed by atoms with Gasteiger partial charge in [-0.2, -0.15) is 0 Å². The first kappa shape index (κ1) is 17.3. The molecular weight excluding hydrogens is 344 g/mol. The average Bonchev–Trinajstić information content (AvgIpc) is 3.09. The number of para-hydroxylation sites is 2. The number of amides is 1. The van der Waals surface area contributed by atoms with Crippen molar-refractivity contribution < 1.29 is 18.8 Å². The first-order valence-corrected chi connectivity index (χ1v) is 9.02. The Bertz CT molecular complexity index is 995. The molecule has 0 N–H and O–H groups in total. The summed E-state index contributed by atoms with van der Waals surface area (Å²) in [6.45, 7) is 1.73. The summed E-state index contributed by atoms with van der Waals surface area (Å²) >= 11 is 0. The van der Waals surface area contributed by atoms with Gasteiger partial charge < -0.3 is 14.2 Å². The molecule has 3 aromatic rings. The lowest BCUT2D eigenvalue weighted by Crippen LogP contribution is -2.44. The van der Waals surface area contributed by atoms with Crippen LogP contribution in [0.25, 0.3) is 11.0 Å². The summed E-state index contributed by atoms with van der Waals surface area (Å²) < 4.78 is 10.4. The van der Waals surface area contributed by atoms with Crippen LogP contribution in [0.3, 0.4) is 0 Å².